The quantitative estimate of drug-likeness (QED) is 0.237. The van der Waals surface area contributed by atoms with Gasteiger partial charge in [-0.15, -0.1) is 0 Å². The Labute approximate surface area is 202 Å². The Kier molecular flexibility index (Phi) is 8.23. The average molecular weight is 452 g/mol. The highest BCUT2D eigenvalue weighted by Crippen LogP contribution is 2.37. The van der Waals surface area contributed by atoms with Crippen LogP contribution >= 0.6 is 0 Å². The molecule has 173 valence electrons. The first-order chi connectivity index (χ1) is 16.7. The van der Waals surface area contributed by atoms with Crippen molar-refractivity contribution in [3.05, 3.63) is 132 Å². The van der Waals surface area contributed by atoms with E-state index in [4.69, 9.17) is 14.2 Å². The smallest absolute Gasteiger partial charge is 0.130 e. The summed E-state index contributed by atoms with van der Waals surface area (Å²) in [6, 6.07) is 34.4. The van der Waals surface area contributed by atoms with Crippen molar-refractivity contribution in [1.29, 1.82) is 0 Å². The molecular formula is C31H31O3. The predicted octanol–water partition coefficient (Wildman–Crippen LogP) is 7.44. The van der Waals surface area contributed by atoms with Crippen LogP contribution in [0.5, 0.6) is 17.2 Å². The highest BCUT2D eigenvalue weighted by molar-refractivity contribution is 5.51. The second kappa shape index (κ2) is 11.9. The van der Waals surface area contributed by atoms with Crippen LogP contribution in [0.4, 0.5) is 0 Å². The first-order valence-corrected chi connectivity index (χ1v) is 11.7. The molecule has 1 atom stereocenters. The summed E-state index contributed by atoms with van der Waals surface area (Å²) in [5.74, 6) is 2.46. The lowest BCUT2D eigenvalue weighted by molar-refractivity contribution is 0.269. The van der Waals surface area contributed by atoms with Crippen molar-refractivity contribution in [2.45, 2.75) is 33.2 Å². The van der Waals surface area contributed by atoms with Crippen LogP contribution in [-0.4, -0.2) is 0 Å². The van der Waals surface area contributed by atoms with Gasteiger partial charge >= 0.3 is 0 Å². The van der Waals surface area contributed by atoms with Gasteiger partial charge in [0.25, 0.3) is 0 Å². The molecule has 4 rings (SSSR count). The molecule has 1 radical (unpaired) electrons. The molecule has 0 N–H and O–H groups in total. The molecule has 3 nitrogen and oxygen atoms in total. The molecule has 3 heteroatoms. The molecule has 0 spiro atoms. The molecular weight excluding hydrogens is 420 g/mol. The number of ether oxygens (including phenoxy) is 3. The van der Waals surface area contributed by atoms with Gasteiger partial charge in [-0.05, 0) is 29.0 Å². The van der Waals surface area contributed by atoms with Gasteiger partial charge in [0.15, 0.2) is 0 Å². The molecule has 0 fully saturated rings. The minimum absolute atomic E-state index is 0.203. The SMILES string of the molecule is [CH2]C(C)Cc1c(OCc2ccccc2)cc(OCc2ccccc2)cc1OCc1ccccc1. The molecule has 4 aromatic carbocycles. The third-order valence-corrected chi connectivity index (χ3v) is 5.42. The third kappa shape index (κ3) is 6.89. The van der Waals surface area contributed by atoms with Crippen molar-refractivity contribution in [1.82, 2.24) is 0 Å². The molecule has 4 aromatic rings. The fraction of sp³-hybridized carbons (Fsp3) is 0.194. The van der Waals surface area contributed by atoms with Crippen LogP contribution in [0.3, 0.4) is 0 Å². The molecule has 1 unspecified atom stereocenters. The molecule has 0 bridgehead atoms. The van der Waals surface area contributed by atoms with Crippen LogP contribution in [-0.2, 0) is 26.2 Å². The van der Waals surface area contributed by atoms with Crippen LogP contribution in [0.25, 0.3) is 0 Å². The Morgan fingerprint density at radius 2 is 0.971 bits per heavy atom. The summed E-state index contributed by atoms with van der Waals surface area (Å²) >= 11 is 0. The van der Waals surface area contributed by atoms with Crippen molar-refractivity contribution < 1.29 is 14.2 Å². The van der Waals surface area contributed by atoms with E-state index < -0.39 is 0 Å². The van der Waals surface area contributed by atoms with E-state index in [9.17, 15) is 0 Å². The fourth-order valence-corrected chi connectivity index (χ4v) is 3.70. The van der Waals surface area contributed by atoms with E-state index in [0.717, 1.165) is 45.9 Å². The van der Waals surface area contributed by atoms with E-state index in [1.165, 1.54) is 0 Å². The Bertz CT molecular complexity index is 1070. The second-order valence-electron chi connectivity index (χ2n) is 8.53. The highest BCUT2D eigenvalue weighted by Gasteiger charge is 2.17. The molecule has 34 heavy (non-hydrogen) atoms. The fourth-order valence-electron chi connectivity index (χ4n) is 3.70. The van der Waals surface area contributed by atoms with E-state index >= 15 is 0 Å². The van der Waals surface area contributed by atoms with E-state index in [-0.39, 0.29) is 5.92 Å². The largest absolute Gasteiger partial charge is 0.489 e. The lowest BCUT2D eigenvalue weighted by Crippen LogP contribution is -2.07. The van der Waals surface area contributed by atoms with Crippen molar-refractivity contribution in [2.24, 2.45) is 5.92 Å². The van der Waals surface area contributed by atoms with Crippen molar-refractivity contribution >= 4 is 0 Å². The van der Waals surface area contributed by atoms with Gasteiger partial charge in [-0.25, -0.2) is 0 Å². The lowest BCUT2D eigenvalue weighted by atomic mass is 10.0. The summed E-state index contributed by atoms with van der Waals surface area (Å²) in [5, 5.41) is 0. The molecule has 0 saturated carbocycles. The topological polar surface area (TPSA) is 27.7 Å². The Balaban J connectivity index is 1.62. The maximum absolute atomic E-state index is 6.32. The maximum atomic E-state index is 6.32. The van der Waals surface area contributed by atoms with Gasteiger partial charge < -0.3 is 14.2 Å². The first kappa shape index (κ1) is 23.4. The monoisotopic (exact) mass is 451 g/mol. The van der Waals surface area contributed by atoms with E-state index in [2.05, 4.69) is 50.2 Å². The zero-order valence-corrected chi connectivity index (χ0v) is 19.7. The minimum Gasteiger partial charge on any atom is -0.489 e. The minimum atomic E-state index is 0.203. The van der Waals surface area contributed by atoms with Gasteiger partial charge in [-0.1, -0.05) is 105 Å². The number of rotatable bonds is 11. The van der Waals surface area contributed by atoms with Crippen molar-refractivity contribution in [3.63, 3.8) is 0 Å². The summed E-state index contributed by atoms with van der Waals surface area (Å²) in [6.07, 6.45) is 0.743. The van der Waals surface area contributed by atoms with E-state index in [0.29, 0.717) is 19.8 Å². The highest BCUT2D eigenvalue weighted by atomic mass is 16.5. The normalized spacial score (nSPS) is 10.8. The molecule has 0 aliphatic rings. The van der Waals surface area contributed by atoms with Gasteiger partial charge in [-0.2, -0.15) is 0 Å². The zero-order chi connectivity index (χ0) is 23.6. The molecule has 0 heterocycles. The molecule has 0 saturated heterocycles. The lowest BCUT2D eigenvalue weighted by Gasteiger charge is -2.20. The first-order valence-electron chi connectivity index (χ1n) is 11.7. The van der Waals surface area contributed by atoms with Crippen LogP contribution in [0.2, 0.25) is 0 Å². The van der Waals surface area contributed by atoms with Crippen molar-refractivity contribution in [2.75, 3.05) is 0 Å². The predicted molar refractivity (Wildman–Crippen MR) is 137 cm³/mol. The van der Waals surface area contributed by atoms with Gasteiger partial charge in [0.05, 0.1) is 0 Å². The second-order valence-corrected chi connectivity index (χ2v) is 8.53. The summed E-state index contributed by atoms with van der Waals surface area (Å²) in [5.41, 5.74) is 4.34. The van der Waals surface area contributed by atoms with Gasteiger partial charge in [0, 0.05) is 17.7 Å². The van der Waals surface area contributed by atoms with Crippen LogP contribution in [0, 0.1) is 12.8 Å². The molecule has 0 aliphatic carbocycles. The van der Waals surface area contributed by atoms with Gasteiger partial charge in [0.1, 0.15) is 37.1 Å². The number of benzene rings is 4. The van der Waals surface area contributed by atoms with Crippen LogP contribution < -0.4 is 14.2 Å². The third-order valence-electron chi connectivity index (χ3n) is 5.42. The zero-order valence-electron chi connectivity index (χ0n) is 19.7. The maximum Gasteiger partial charge on any atom is 0.130 e. The van der Waals surface area contributed by atoms with Gasteiger partial charge in [-0.3, -0.25) is 0 Å². The summed E-state index contributed by atoms with van der Waals surface area (Å²) in [4.78, 5) is 0. The number of hydrogen-bond acceptors (Lipinski definition) is 3. The summed E-state index contributed by atoms with van der Waals surface area (Å²) in [7, 11) is 0. The molecule has 0 amide bonds. The van der Waals surface area contributed by atoms with Gasteiger partial charge in [0.2, 0.25) is 0 Å². The molecule has 0 aliphatic heterocycles. The Hall–Kier alpha value is -3.72. The van der Waals surface area contributed by atoms with Crippen molar-refractivity contribution in [3.8, 4) is 17.2 Å². The summed E-state index contributed by atoms with van der Waals surface area (Å²) in [6.45, 7) is 7.73. The van der Waals surface area contributed by atoms with Crippen LogP contribution in [0.15, 0.2) is 103 Å². The summed E-state index contributed by atoms with van der Waals surface area (Å²) < 4.78 is 18.8. The number of hydrogen-bond donors (Lipinski definition) is 0. The van der Waals surface area contributed by atoms with E-state index in [1.54, 1.807) is 0 Å². The van der Waals surface area contributed by atoms with Crippen LogP contribution in [0.1, 0.15) is 29.2 Å². The standard InChI is InChI=1S/C31H31O3/c1-24(2)18-29-30(33-22-26-14-8-4-9-15-26)19-28(32-21-25-12-6-3-7-13-25)20-31(29)34-23-27-16-10-5-11-17-27/h3-17,19-20,24H,1,18,21-23H2,2H3. The Morgan fingerprint density at radius 3 is 1.35 bits per heavy atom. The average Bonchev–Trinajstić information content (AvgIpc) is 2.87. The van der Waals surface area contributed by atoms with E-state index in [1.807, 2.05) is 66.7 Å². The Morgan fingerprint density at radius 1 is 0.588 bits per heavy atom. The molecule has 0 aromatic heterocycles.